The summed E-state index contributed by atoms with van der Waals surface area (Å²) in [6.07, 6.45) is 1.34. The molecule has 1 fully saturated rings. The maximum Gasteiger partial charge on any atom is 0.246 e. The van der Waals surface area contributed by atoms with Gasteiger partial charge in [0.1, 0.15) is 17.5 Å². The number of amides is 1. The molecular weight excluding hydrogens is 671 g/mol. The van der Waals surface area contributed by atoms with Crippen molar-refractivity contribution >= 4 is 63.6 Å². The van der Waals surface area contributed by atoms with Gasteiger partial charge in [0.25, 0.3) is 0 Å². The van der Waals surface area contributed by atoms with E-state index in [1.807, 2.05) is 39.5 Å². The van der Waals surface area contributed by atoms with Crippen LogP contribution in [-0.4, -0.2) is 62.2 Å². The van der Waals surface area contributed by atoms with Crippen LogP contribution < -0.4 is 10.6 Å². The van der Waals surface area contributed by atoms with Crippen LogP contribution in [0.25, 0.3) is 17.0 Å². The quantitative estimate of drug-likeness (QED) is 0.124. The van der Waals surface area contributed by atoms with Crippen LogP contribution in [0.4, 0.5) is 26.0 Å². The Morgan fingerprint density at radius 1 is 1.19 bits per heavy atom. The molecule has 9 nitrogen and oxygen atoms in total. The molecule has 0 aliphatic carbocycles. The third kappa shape index (κ3) is 5.57. The number of piperazine rings is 1. The number of nitrogens with two attached hydrogens (primary N) is 1. The van der Waals surface area contributed by atoms with E-state index in [-0.39, 0.29) is 51.6 Å². The lowest BCUT2D eigenvalue weighted by molar-refractivity contribution is -0.132. The predicted octanol–water partition coefficient (Wildman–Crippen LogP) is 7.21. The highest BCUT2D eigenvalue weighted by atomic mass is 35.5. The van der Waals surface area contributed by atoms with Crippen molar-refractivity contribution in [2.45, 2.75) is 58.8 Å². The summed E-state index contributed by atoms with van der Waals surface area (Å²) < 4.78 is 29.4. The maximum absolute atomic E-state index is 14.9. The van der Waals surface area contributed by atoms with Gasteiger partial charge >= 0.3 is 0 Å². The molecule has 4 heterocycles. The molecular formula is C33H32Cl3F2N7O2. The van der Waals surface area contributed by atoms with Crippen LogP contribution in [0, 0.1) is 29.9 Å². The standard InChI is InChI=1S/C33H32Cl3F2N7O2/c1-7-21(46)44-16(5)12-43(13-17(44)6)31-18-10-20(34)29(22-23(35)24(36)25(37)26(38)27(22)40)42-32(18)45(33(47)19(31)11-39)30-15(4)8-9-41-28(30)14(2)3/h7-10,14,16-17,33,47H,1,12-13,40H2,2-6H3/t16-,17+,33?. The zero-order valence-corrected chi connectivity index (χ0v) is 28.5. The number of hydrogen-bond donors (Lipinski definition) is 2. The van der Waals surface area contributed by atoms with Crippen molar-refractivity contribution in [3.05, 3.63) is 80.1 Å². The van der Waals surface area contributed by atoms with E-state index in [4.69, 9.17) is 45.5 Å². The minimum atomic E-state index is -1.57. The van der Waals surface area contributed by atoms with Gasteiger partial charge in [-0.15, -0.1) is 0 Å². The van der Waals surface area contributed by atoms with Crippen LogP contribution in [0.15, 0.2) is 36.6 Å². The number of nitrogen functional groups attached to an aromatic ring is 1. The molecule has 47 heavy (non-hydrogen) atoms. The molecule has 0 spiro atoms. The Hall–Kier alpha value is -3.95. The highest BCUT2D eigenvalue weighted by molar-refractivity contribution is 6.45. The van der Waals surface area contributed by atoms with E-state index in [0.717, 1.165) is 5.56 Å². The summed E-state index contributed by atoms with van der Waals surface area (Å²) in [5.74, 6) is -3.05. The fourth-order valence-electron chi connectivity index (χ4n) is 6.44. The van der Waals surface area contributed by atoms with Crippen LogP contribution in [0.2, 0.25) is 15.1 Å². The second-order valence-corrected chi connectivity index (χ2v) is 13.1. The average Bonchev–Trinajstić information content (AvgIpc) is 3.02. The number of halogens is 5. The normalized spacial score (nSPS) is 19.6. The average molecular weight is 703 g/mol. The minimum absolute atomic E-state index is 0.0115. The number of aliphatic hydroxyl groups is 1. The van der Waals surface area contributed by atoms with E-state index in [1.165, 1.54) is 17.0 Å². The van der Waals surface area contributed by atoms with E-state index in [1.54, 1.807) is 17.2 Å². The monoisotopic (exact) mass is 701 g/mol. The van der Waals surface area contributed by atoms with E-state index < -0.39 is 33.6 Å². The number of benzene rings is 1. The molecule has 0 radical (unpaired) electrons. The number of pyridine rings is 2. The van der Waals surface area contributed by atoms with Crippen LogP contribution in [0.5, 0.6) is 0 Å². The van der Waals surface area contributed by atoms with Gasteiger partial charge in [0.05, 0.1) is 43.5 Å². The molecule has 3 atom stereocenters. The Morgan fingerprint density at radius 3 is 2.40 bits per heavy atom. The number of carbonyl (C=O) groups is 1. The lowest BCUT2D eigenvalue weighted by atomic mass is 9.94. The molecule has 2 aromatic heterocycles. The highest BCUT2D eigenvalue weighted by Gasteiger charge is 2.42. The van der Waals surface area contributed by atoms with Crippen LogP contribution in [-0.2, 0) is 4.79 Å². The van der Waals surface area contributed by atoms with Gasteiger partial charge in [0, 0.05) is 42.5 Å². The molecule has 2 aliphatic rings. The Bertz CT molecular complexity index is 1850. The van der Waals surface area contributed by atoms with Crippen LogP contribution in [0.3, 0.4) is 0 Å². The second-order valence-electron chi connectivity index (χ2n) is 11.9. The molecule has 2 aliphatic heterocycles. The zero-order chi connectivity index (χ0) is 34.6. The number of nitriles is 1. The van der Waals surface area contributed by atoms with Crippen molar-refractivity contribution in [3.63, 3.8) is 0 Å². The number of aromatic nitrogens is 2. The van der Waals surface area contributed by atoms with Crippen molar-refractivity contribution in [2.75, 3.05) is 23.7 Å². The SMILES string of the molecule is C=CC(=O)N1[C@H](C)CN(C2=C(C#N)C(O)N(c3c(C)ccnc3C(C)C)c3nc(-c4c(N)c(F)c(F)c(Cl)c4Cl)c(Cl)cc32)C[C@@H]1C. The number of nitrogens with zero attached hydrogens (tertiary/aromatic N) is 6. The zero-order valence-electron chi connectivity index (χ0n) is 26.2. The molecule has 1 saturated heterocycles. The molecule has 3 aromatic rings. The molecule has 3 N–H and O–H groups in total. The van der Waals surface area contributed by atoms with Crippen LogP contribution >= 0.6 is 34.8 Å². The Kier molecular flexibility index (Phi) is 9.45. The Morgan fingerprint density at radius 2 is 1.83 bits per heavy atom. The first-order valence-electron chi connectivity index (χ1n) is 14.7. The van der Waals surface area contributed by atoms with Crippen molar-refractivity contribution in [2.24, 2.45) is 0 Å². The summed E-state index contributed by atoms with van der Waals surface area (Å²) >= 11 is 19.3. The summed E-state index contributed by atoms with van der Waals surface area (Å²) in [4.78, 5) is 27.2. The van der Waals surface area contributed by atoms with Gasteiger partial charge in [0.2, 0.25) is 5.91 Å². The molecule has 1 aromatic carbocycles. The van der Waals surface area contributed by atoms with E-state index in [0.29, 0.717) is 35.7 Å². The lowest BCUT2D eigenvalue weighted by Crippen LogP contribution is -2.58. The third-order valence-electron chi connectivity index (χ3n) is 8.46. The lowest BCUT2D eigenvalue weighted by Gasteiger charge is -2.48. The van der Waals surface area contributed by atoms with Gasteiger partial charge in [-0.05, 0) is 50.5 Å². The summed E-state index contributed by atoms with van der Waals surface area (Å²) in [7, 11) is 0. The first-order valence-corrected chi connectivity index (χ1v) is 15.9. The first kappa shape index (κ1) is 34.4. The summed E-state index contributed by atoms with van der Waals surface area (Å²) in [5, 5.41) is 21.5. The second kappa shape index (κ2) is 12.9. The third-order valence-corrected chi connectivity index (χ3v) is 9.58. The van der Waals surface area contributed by atoms with Gasteiger partial charge in [-0.2, -0.15) is 5.26 Å². The predicted molar refractivity (Wildman–Crippen MR) is 180 cm³/mol. The van der Waals surface area contributed by atoms with Gasteiger partial charge in [-0.3, -0.25) is 14.7 Å². The summed E-state index contributed by atoms with van der Waals surface area (Å²) in [6, 6.07) is 4.89. The van der Waals surface area contributed by atoms with Gasteiger partial charge in [0.15, 0.2) is 17.9 Å². The number of rotatable bonds is 5. The van der Waals surface area contributed by atoms with Gasteiger partial charge in [-0.25, -0.2) is 13.8 Å². The minimum Gasteiger partial charge on any atom is -0.396 e. The Labute approximate surface area is 286 Å². The summed E-state index contributed by atoms with van der Waals surface area (Å²) in [6.45, 7) is 13.7. The number of carbonyl (C=O) groups excluding carboxylic acids is 1. The Balaban J connectivity index is 1.84. The topological polar surface area (TPSA) is 123 Å². The fourth-order valence-corrected chi connectivity index (χ4v) is 7.13. The highest BCUT2D eigenvalue weighted by Crippen LogP contribution is 2.50. The largest absolute Gasteiger partial charge is 0.396 e. The molecule has 0 bridgehead atoms. The van der Waals surface area contributed by atoms with Crippen molar-refractivity contribution in [3.8, 4) is 17.3 Å². The van der Waals surface area contributed by atoms with Gasteiger partial charge in [-0.1, -0.05) is 55.2 Å². The molecule has 246 valence electrons. The fraction of sp³-hybridized carbons (Fsp3) is 0.333. The molecule has 14 heteroatoms. The van der Waals surface area contributed by atoms with Crippen molar-refractivity contribution in [1.29, 1.82) is 5.26 Å². The molecule has 0 saturated carbocycles. The van der Waals surface area contributed by atoms with Crippen molar-refractivity contribution < 1.29 is 18.7 Å². The number of aryl methyl sites for hydroxylation is 1. The van der Waals surface area contributed by atoms with E-state index >= 15 is 0 Å². The number of fused-ring (bicyclic) bond motifs is 1. The van der Waals surface area contributed by atoms with Gasteiger partial charge < -0.3 is 20.6 Å². The van der Waals surface area contributed by atoms with E-state index in [9.17, 15) is 23.9 Å². The molecule has 1 amide bonds. The number of hydrogen-bond acceptors (Lipinski definition) is 8. The van der Waals surface area contributed by atoms with Crippen LogP contribution in [0.1, 0.15) is 50.4 Å². The van der Waals surface area contributed by atoms with E-state index in [2.05, 4.69) is 17.6 Å². The molecule has 5 rings (SSSR count). The maximum atomic E-state index is 14.9. The smallest absolute Gasteiger partial charge is 0.246 e. The summed E-state index contributed by atoms with van der Waals surface area (Å²) in [5.41, 5.74) is 7.57. The number of anilines is 3. The number of aliphatic hydroxyl groups excluding tert-OH is 1. The first-order chi connectivity index (χ1) is 22.2. The molecule has 1 unspecified atom stereocenters. The van der Waals surface area contributed by atoms with Crippen molar-refractivity contribution in [1.82, 2.24) is 19.8 Å².